The number of carbonyl (C=O) groups excluding carboxylic acids is 1. The SMILES string of the molecule is O=C(O)C=CC(=O)OC(Cl)c1ccccc1Cl. The van der Waals surface area contributed by atoms with Crippen LogP contribution in [0.2, 0.25) is 5.02 Å². The van der Waals surface area contributed by atoms with Crippen molar-refractivity contribution >= 4 is 35.1 Å². The standard InChI is InChI=1S/C11H8Cl2O4/c12-8-4-2-1-3-7(8)11(13)17-10(16)6-5-9(14)15/h1-6,11H,(H,14,15). The Morgan fingerprint density at radius 2 is 1.94 bits per heavy atom. The minimum Gasteiger partial charge on any atom is -0.478 e. The first-order valence-corrected chi connectivity index (χ1v) is 5.32. The van der Waals surface area contributed by atoms with E-state index in [0.717, 1.165) is 6.08 Å². The lowest BCUT2D eigenvalue weighted by Gasteiger charge is -2.11. The minimum absolute atomic E-state index is 0.363. The molecule has 17 heavy (non-hydrogen) atoms. The first-order chi connectivity index (χ1) is 8.00. The van der Waals surface area contributed by atoms with E-state index >= 15 is 0 Å². The Balaban J connectivity index is 2.67. The predicted molar refractivity (Wildman–Crippen MR) is 62.9 cm³/mol. The fourth-order valence-electron chi connectivity index (χ4n) is 1.00. The zero-order valence-corrected chi connectivity index (χ0v) is 9.98. The van der Waals surface area contributed by atoms with E-state index in [1.165, 1.54) is 0 Å². The summed E-state index contributed by atoms with van der Waals surface area (Å²) in [6.07, 6.45) is 1.44. The molecule has 0 fully saturated rings. The van der Waals surface area contributed by atoms with Crippen molar-refractivity contribution in [2.45, 2.75) is 5.56 Å². The molecule has 1 N–H and O–H groups in total. The molecule has 1 aromatic rings. The number of hydrogen-bond acceptors (Lipinski definition) is 3. The van der Waals surface area contributed by atoms with Crippen LogP contribution in [0.5, 0.6) is 0 Å². The summed E-state index contributed by atoms with van der Waals surface area (Å²) in [4.78, 5) is 21.3. The van der Waals surface area contributed by atoms with Crippen LogP contribution in [0.1, 0.15) is 11.1 Å². The molecule has 0 heterocycles. The molecule has 1 unspecified atom stereocenters. The van der Waals surface area contributed by atoms with Crippen molar-refractivity contribution in [3.8, 4) is 0 Å². The molecule has 1 aromatic carbocycles. The van der Waals surface area contributed by atoms with Crippen molar-refractivity contribution < 1.29 is 19.4 Å². The van der Waals surface area contributed by atoms with Crippen molar-refractivity contribution in [2.24, 2.45) is 0 Å². The molecule has 6 heteroatoms. The van der Waals surface area contributed by atoms with E-state index in [2.05, 4.69) is 0 Å². The molecule has 0 saturated heterocycles. The van der Waals surface area contributed by atoms with Gasteiger partial charge in [0.15, 0.2) is 0 Å². The minimum atomic E-state index is -1.24. The number of carboxylic acid groups (broad SMARTS) is 1. The fraction of sp³-hybridized carbons (Fsp3) is 0.0909. The third-order valence-electron chi connectivity index (χ3n) is 1.73. The zero-order valence-electron chi connectivity index (χ0n) is 8.47. The van der Waals surface area contributed by atoms with Crippen LogP contribution in [0, 0.1) is 0 Å². The lowest BCUT2D eigenvalue weighted by molar-refractivity contribution is -0.140. The molecule has 0 spiro atoms. The van der Waals surface area contributed by atoms with Crippen LogP contribution in [0.15, 0.2) is 36.4 Å². The van der Waals surface area contributed by atoms with Crippen LogP contribution in [0.4, 0.5) is 0 Å². The van der Waals surface area contributed by atoms with Gasteiger partial charge in [-0.3, -0.25) is 0 Å². The summed E-state index contributed by atoms with van der Waals surface area (Å²) in [5.74, 6) is -2.10. The molecule has 0 bridgehead atoms. The van der Waals surface area contributed by atoms with E-state index in [4.69, 9.17) is 33.0 Å². The normalized spacial score (nSPS) is 12.4. The van der Waals surface area contributed by atoms with E-state index in [9.17, 15) is 9.59 Å². The van der Waals surface area contributed by atoms with Crippen LogP contribution < -0.4 is 0 Å². The summed E-state index contributed by atoms with van der Waals surface area (Å²) in [7, 11) is 0. The topological polar surface area (TPSA) is 63.6 Å². The number of carbonyl (C=O) groups is 2. The van der Waals surface area contributed by atoms with Gasteiger partial charge in [-0.25, -0.2) is 9.59 Å². The smallest absolute Gasteiger partial charge is 0.332 e. The van der Waals surface area contributed by atoms with Gasteiger partial charge in [-0.2, -0.15) is 0 Å². The van der Waals surface area contributed by atoms with Gasteiger partial charge in [-0.1, -0.05) is 41.4 Å². The van der Waals surface area contributed by atoms with Gasteiger partial charge in [0.05, 0.1) is 0 Å². The quantitative estimate of drug-likeness (QED) is 0.521. The van der Waals surface area contributed by atoms with E-state index in [1.54, 1.807) is 24.3 Å². The van der Waals surface area contributed by atoms with Crippen molar-refractivity contribution in [2.75, 3.05) is 0 Å². The van der Waals surface area contributed by atoms with Gasteiger partial charge in [-0.15, -0.1) is 0 Å². The summed E-state index contributed by atoms with van der Waals surface area (Å²) in [6.45, 7) is 0. The highest BCUT2D eigenvalue weighted by Gasteiger charge is 2.14. The highest BCUT2D eigenvalue weighted by molar-refractivity contribution is 6.32. The van der Waals surface area contributed by atoms with Gasteiger partial charge in [0, 0.05) is 22.7 Å². The Morgan fingerprint density at radius 3 is 2.53 bits per heavy atom. The molecule has 4 nitrogen and oxygen atoms in total. The summed E-state index contributed by atoms with van der Waals surface area (Å²) in [5, 5.41) is 8.67. The van der Waals surface area contributed by atoms with Crippen molar-refractivity contribution in [3.05, 3.63) is 47.0 Å². The Bertz CT molecular complexity index is 457. The molecule has 1 atom stereocenters. The van der Waals surface area contributed by atoms with E-state index in [-0.39, 0.29) is 0 Å². The average molecular weight is 275 g/mol. The third-order valence-corrected chi connectivity index (χ3v) is 2.40. The number of aliphatic carboxylic acids is 1. The Hall–Kier alpha value is -1.52. The summed E-state index contributed by atoms with van der Waals surface area (Å²) in [5.41, 5.74) is -0.623. The summed E-state index contributed by atoms with van der Waals surface area (Å²) < 4.78 is 4.76. The van der Waals surface area contributed by atoms with Gasteiger partial charge in [0.1, 0.15) is 0 Å². The van der Waals surface area contributed by atoms with E-state index in [1.807, 2.05) is 0 Å². The lowest BCUT2D eigenvalue weighted by Crippen LogP contribution is -2.05. The maximum atomic E-state index is 11.1. The number of hydrogen-bond donors (Lipinski definition) is 1. The number of alkyl halides is 1. The number of carboxylic acids is 1. The number of rotatable bonds is 4. The van der Waals surface area contributed by atoms with Gasteiger partial charge in [0.25, 0.3) is 0 Å². The average Bonchev–Trinajstić information content (AvgIpc) is 2.26. The molecule has 0 saturated carbocycles. The Kier molecular flexibility index (Phi) is 5.00. The number of esters is 1. The van der Waals surface area contributed by atoms with Crippen LogP contribution in [-0.4, -0.2) is 17.0 Å². The second kappa shape index (κ2) is 6.27. The Morgan fingerprint density at radius 1 is 1.29 bits per heavy atom. The lowest BCUT2D eigenvalue weighted by atomic mass is 10.2. The van der Waals surface area contributed by atoms with Crippen LogP contribution in [0.3, 0.4) is 0 Å². The largest absolute Gasteiger partial charge is 0.478 e. The number of benzene rings is 1. The van der Waals surface area contributed by atoms with Crippen molar-refractivity contribution in [3.63, 3.8) is 0 Å². The molecule has 0 aliphatic rings. The van der Waals surface area contributed by atoms with Gasteiger partial charge >= 0.3 is 11.9 Å². The van der Waals surface area contributed by atoms with Gasteiger partial charge < -0.3 is 9.84 Å². The molecule has 0 amide bonds. The van der Waals surface area contributed by atoms with E-state index in [0.29, 0.717) is 16.7 Å². The zero-order chi connectivity index (χ0) is 12.8. The predicted octanol–water partition coefficient (Wildman–Crippen LogP) is 2.76. The van der Waals surface area contributed by atoms with Gasteiger partial charge in [-0.05, 0) is 6.07 Å². The summed E-state index contributed by atoms with van der Waals surface area (Å²) in [6, 6.07) is 6.61. The number of ether oxygens (including phenoxy) is 1. The third kappa shape index (κ3) is 4.46. The molecule has 1 rings (SSSR count). The second-order valence-electron chi connectivity index (χ2n) is 2.95. The highest BCUT2D eigenvalue weighted by Crippen LogP contribution is 2.28. The van der Waals surface area contributed by atoms with E-state index < -0.39 is 17.5 Å². The molecular weight excluding hydrogens is 267 g/mol. The van der Waals surface area contributed by atoms with Crippen LogP contribution >= 0.6 is 23.2 Å². The van der Waals surface area contributed by atoms with Crippen LogP contribution in [-0.2, 0) is 14.3 Å². The van der Waals surface area contributed by atoms with Crippen molar-refractivity contribution in [1.82, 2.24) is 0 Å². The molecular formula is C11H8Cl2O4. The van der Waals surface area contributed by atoms with Crippen LogP contribution in [0.25, 0.3) is 0 Å². The second-order valence-corrected chi connectivity index (χ2v) is 3.75. The maximum Gasteiger partial charge on any atom is 0.332 e. The summed E-state index contributed by atoms with van der Waals surface area (Å²) >= 11 is 11.7. The molecule has 0 aromatic heterocycles. The highest BCUT2D eigenvalue weighted by atomic mass is 35.5. The number of halogens is 2. The van der Waals surface area contributed by atoms with Crippen molar-refractivity contribution in [1.29, 1.82) is 0 Å². The molecule has 0 aliphatic heterocycles. The fourth-order valence-corrected chi connectivity index (χ4v) is 1.57. The maximum absolute atomic E-state index is 11.1. The monoisotopic (exact) mass is 274 g/mol. The Labute approximate surface area is 107 Å². The first kappa shape index (κ1) is 13.5. The van der Waals surface area contributed by atoms with Gasteiger partial charge in [0.2, 0.25) is 5.56 Å². The molecule has 90 valence electrons. The molecule has 0 radical (unpaired) electrons. The molecule has 0 aliphatic carbocycles. The first-order valence-electron chi connectivity index (χ1n) is 4.51.